The molecule has 0 aromatic heterocycles. The first kappa shape index (κ1) is 8.51. The number of nitrogens with one attached hydrogen (secondary N) is 1. The van der Waals surface area contributed by atoms with Gasteiger partial charge in [0.25, 0.3) is 0 Å². The summed E-state index contributed by atoms with van der Waals surface area (Å²) in [6, 6.07) is 0. The molecule has 2 atom stereocenters. The van der Waals surface area contributed by atoms with Crippen LogP contribution < -0.4 is 5.32 Å². The van der Waals surface area contributed by atoms with Gasteiger partial charge < -0.3 is 10.1 Å². The molecule has 0 spiro atoms. The topological polar surface area (TPSA) is 38.3 Å². The van der Waals surface area contributed by atoms with Gasteiger partial charge in [0.2, 0.25) is 5.91 Å². The molecule has 2 unspecified atom stereocenters. The van der Waals surface area contributed by atoms with Gasteiger partial charge in [-0.3, -0.25) is 4.79 Å². The lowest BCUT2D eigenvalue weighted by Gasteiger charge is -2.04. The lowest BCUT2D eigenvalue weighted by molar-refractivity contribution is -0.118. The third kappa shape index (κ3) is 1.50. The molecule has 2 rings (SSSR count). The lowest BCUT2D eigenvalue weighted by Crippen LogP contribution is -2.27. The molecule has 0 aromatic carbocycles. The van der Waals surface area contributed by atoms with Crippen LogP contribution in [0.15, 0.2) is 0 Å². The molecule has 1 N–H and O–H groups in total. The number of carbonyl (C=O) groups excluding carboxylic acids is 1. The van der Waals surface area contributed by atoms with E-state index in [1.165, 1.54) is 0 Å². The van der Waals surface area contributed by atoms with Gasteiger partial charge in [-0.15, -0.1) is 0 Å². The molecule has 68 valence electrons. The maximum atomic E-state index is 10.9. The highest BCUT2D eigenvalue weighted by molar-refractivity contribution is 9.09. The van der Waals surface area contributed by atoms with E-state index in [2.05, 4.69) is 21.2 Å². The SMILES string of the molecule is O=C(CBr)NCC1C2COCC12. The van der Waals surface area contributed by atoms with Gasteiger partial charge in [0, 0.05) is 6.54 Å². The number of ether oxygens (including phenoxy) is 1. The summed E-state index contributed by atoms with van der Waals surface area (Å²) in [4.78, 5) is 10.9. The first-order chi connectivity index (χ1) is 5.83. The van der Waals surface area contributed by atoms with Gasteiger partial charge >= 0.3 is 0 Å². The molecule has 0 bridgehead atoms. The van der Waals surface area contributed by atoms with Crippen LogP contribution in [0.3, 0.4) is 0 Å². The van der Waals surface area contributed by atoms with Crippen molar-refractivity contribution in [2.24, 2.45) is 17.8 Å². The summed E-state index contributed by atoms with van der Waals surface area (Å²) in [7, 11) is 0. The van der Waals surface area contributed by atoms with Crippen molar-refractivity contribution in [2.45, 2.75) is 0 Å². The van der Waals surface area contributed by atoms with Crippen LogP contribution in [0.25, 0.3) is 0 Å². The van der Waals surface area contributed by atoms with Gasteiger partial charge in [-0.05, 0) is 17.8 Å². The molecule has 1 aliphatic carbocycles. The third-order valence-electron chi connectivity index (χ3n) is 2.79. The molecule has 2 fully saturated rings. The van der Waals surface area contributed by atoms with E-state index in [0.717, 1.165) is 31.6 Å². The van der Waals surface area contributed by atoms with Crippen LogP contribution in [0.4, 0.5) is 0 Å². The molecule has 12 heavy (non-hydrogen) atoms. The summed E-state index contributed by atoms with van der Waals surface area (Å²) in [5.41, 5.74) is 0. The fourth-order valence-electron chi connectivity index (χ4n) is 1.94. The first-order valence-electron chi connectivity index (χ1n) is 4.23. The number of rotatable bonds is 3. The van der Waals surface area contributed by atoms with Gasteiger partial charge in [-0.1, -0.05) is 15.9 Å². The average molecular weight is 234 g/mol. The molecule has 0 aromatic rings. The Hall–Kier alpha value is -0.0900. The second-order valence-electron chi connectivity index (χ2n) is 3.47. The summed E-state index contributed by atoms with van der Waals surface area (Å²) in [6.07, 6.45) is 0. The predicted octanol–water partition coefficient (Wildman–Crippen LogP) is 0.390. The van der Waals surface area contributed by atoms with Crippen molar-refractivity contribution in [3.05, 3.63) is 0 Å². The van der Waals surface area contributed by atoms with Crippen molar-refractivity contribution in [1.29, 1.82) is 0 Å². The number of fused-ring (bicyclic) bond motifs is 1. The Labute approximate surface area is 80.0 Å². The summed E-state index contributed by atoms with van der Waals surface area (Å²) >= 11 is 3.11. The number of hydrogen-bond acceptors (Lipinski definition) is 2. The minimum atomic E-state index is 0.0842. The molecular formula is C8H12BrNO2. The minimum absolute atomic E-state index is 0.0842. The highest BCUT2D eigenvalue weighted by Crippen LogP contribution is 2.50. The van der Waals surface area contributed by atoms with Crippen LogP contribution in [0, 0.1) is 17.8 Å². The maximum absolute atomic E-state index is 10.9. The van der Waals surface area contributed by atoms with Gasteiger partial charge in [-0.25, -0.2) is 0 Å². The van der Waals surface area contributed by atoms with Gasteiger partial charge in [0.15, 0.2) is 0 Å². The Morgan fingerprint density at radius 1 is 1.50 bits per heavy atom. The van der Waals surface area contributed by atoms with Crippen LogP contribution in [0.5, 0.6) is 0 Å². The monoisotopic (exact) mass is 233 g/mol. The molecule has 1 heterocycles. The fourth-order valence-corrected chi connectivity index (χ4v) is 2.14. The van der Waals surface area contributed by atoms with Gasteiger partial charge in [0.1, 0.15) is 0 Å². The smallest absolute Gasteiger partial charge is 0.230 e. The van der Waals surface area contributed by atoms with Crippen LogP contribution in [0.1, 0.15) is 0 Å². The molecule has 1 saturated carbocycles. The standard InChI is InChI=1S/C8H12BrNO2/c9-1-8(11)10-2-5-6-3-12-4-7(5)6/h5-7H,1-4H2,(H,10,11). The molecule has 1 saturated heterocycles. The number of amides is 1. The molecule has 2 aliphatic rings. The van der Waals surface area contributed by atoms with E-state index in [1.54, 1.807) is 0 Å². The van der Waals surface area contributed by atoms with E-state index in [0.29, 0.717) is 11.2 Å². The largest absolute Gasteiger partial charge is 0.381 e. The lowest BCUT2D eigenvalue weighted by atomic mass is 10.3. The highest BCUT2D eigenvalue weighted by atomic mass is 79.9. The van der Waals surface area contributed by atoms with Crippen LogP contribution in [-0.2, 0) is 9.53 Å². The summed E-state index contributed by atoms with van der Waals surface area (Å²) < 4.78 is 5.25. The van der Waals surface area contributed by atoms with Gasteiger partial charge in [-0.2, -0.15) is 0 Å². The Kier molecular flexibility index (Phi) is 2.37. The number of carbonyl (C=O) groups is 1. The second-order valence-corrected chi connectivity index (χ2v) is 4.03. The molecule has 1 amide bonds. The zero-order valence-electron chi connectivity index (χ0n) is 6.75. The maximum Gasteiger partial charge on any atom is 0.230 e. The van der Waals surface area contributed by atoms with Crippen molar-refractivity contribution >= 4 is 21.8 Å². The fraction of sp³-hybridized carbons (Fsp3) is 0.875. The van der Waals surface area contributed by atoms with Crippen molar-refractivity contribution in [2.75, 3.05) is 25.1 Å². The predicted molar refractivity (Wildman–Crippen MR) is 48.1 cm³/mol. The summed E-state index contributed by atoms with van der Waals surface area (Å²) in [6.45, 7) is 2.64. The summed E-state index contributed by atoms with van der Waals surface area (Å²) in [5.74, 6) is 2.25. The average Bonchev–Trinajstić information content (AvgIpc) is 2.55. The van der Waals surface area contributed by atoms with Crippen molar-refractivity contribution < 1.29 is 9.53 Å². The van der Waals surface area contributed by atoms with E-state index in [-0.39, 0.29) is 5.91 Å². The van der Waals surface area contributed by atoms with E-state index in [1.807, 2.05) is 0 Å². The second kappa shape index (κ2) is 3.34. The highest BCUT2D eigenvalue weighted by Gasteiger charge is 2.53. The van der Waals surface area contributed by atoms with Crippen LogP contribution in [-0.4, -0.2) is 31.0 Å². The van der Waals surface area contributed by atoms with Crippen molar-refractivity contribution in [3.8, 4) is 0 Å². The third-order valence-corrected chi connectivity index (χ3v) is 3.30. The quantitative estimate of drug-likeness (QED) is 0.717. The Bertz CT molecular complexity index is 187. The van der Waals surface area contributed by atoms with Crippen LogP contribution >= 0.6 is 15.9 Å². The summed E-state index contributed by atoms with van der Waals surface area (Å²) in [5, 5.41) is 3.29. The van der Waals surface area contributed by atoms with Crippen molar-refractivity contribution in [1.82, 2.24) is 5.32 Å². The zero-order chi connectivity index (χ0) is 8.55. The molecule has 0 radical (unpaired) electrons. The number of halogens is 1. The molecular weight excluding hydrogens is 222 g/mol. The minimum Gasteiger partial charge on any atom is -0.381 e. The Morgan fingerprint density at radius 3 is 2.75 bits per heavy atom. The Morgan fingerprint density at radius 2 is 2.17 bits per heavy atom. The molecule has 4 heteroatoms. The zero-order valence-corrected chi connectivity index (χ0v) is 8.34. The Balaban J connectivity index is 1.67. The van der Waals surface area contributed by atoms with Crippen molar-refractivity contribution in [3.63, 3.8) is 0 Å². The molecule has 1 aliphatic heterocycles. The van der Waals surface area contributed by atoms with Crippen LogP contribution in [0.2, 0.25) is 0 Å². The van der Waals surface area contributed by atoms with Gasteiger partial charge in [0.05, 0.1) is 18.5 Å². The van der Waals surface area contributed by atoms with E-state index < -0.39 is 0 Å². The normalized spacial score (nSPS) is 37.6. The number of alkyl halides is 1. The molecule has 3 nitrogen and oxygen atoms in total. The van der Waals surface area contributed by atoms with E-state index >= 15 is 0 Å². The number of hydrogen-bond donors (Lipinski definition) is 1. The van der Waals surface area contributed by atoms with E-state index in [9.17, 15) is 4.79 Å². The van der Waals surface area contributed by atoms with E-state index in [4.69, 9.17) is 4.74 Å². The first-order valence-corrected chi connectivity index (χ1v) is 5.35.